The Morgan fingerprint density at radius 3 is 2.81 bits per heavy atom. The second-order valence-corrected chi connectivity index (χ2v) is 6.41. The van der Waals surface area contributed by atoms with Crippen molar-refractivity contribution in [3.8, 4) is 0 Å². The van der Waals surface area contributed by atoms with E-state index in [1.807, 2.05) is 0 Å². The van der Waals surface area contributed by atoms with E-state index >= 15 is 0 Å². The van der Waals surface area contributed by atoms with E-state index < -0.39 is 0 Å². The summed E-state index contributed by atoms with van der Waals surface area (Å²) in [6.45, 7) is 5.25. The zero-order chi connectivity index (χ0) is 15.1. The lowest BCUT2D eigenvalue weighted by molar-refractivity contribution is -0.161. The molecule has 5 atom stereocenters. The lowest BCUT2D eigenvalue weighted by Crippen LogP contribution is -2.36. The van der Waals surface area contributed by atoms with Crippen LogP contribution in [0.25, 0.3) is 0 Å². The van der Waals surface area contributed by atoms with Gasteiger partial charge in [0.15, 0.2) is 5.78 Å². The SMILES string of the molecule is C=C(C)C(=O)CCCC(=O)OC1C2CC3C(=O)OC1C3C2. The molecule has 5 unspecified atom stereocenters. The number of ketones is 1. The largest absolute Gasteiger partial charge is 0.458 e. The Hall–Kier alpha value is -1.65. The van der Waals surface area contributed by atoms with Crippen LogP contribution in [0.3, 0.4) is 0 Å². The highest BCUT2D eigenvalue weighted by atomic mass is 16.6. The molecule has 2 bridgehead atoms. The van der Waals surface area contributed by atoms with Gasteiger partial charge in [0.05, 0.1) is 5.92 Å². The topological polar surface area (TPSA) is 69.7 Å². The Labute approximate surface area is 123 Å². The third-order valence-corrected chi connectivity index (χ3v) is 4.94. The van der Waals surface area contributed by atoms with Gasteiger partial charge in [-0.3, -0.25) is 14.4 Å². The Kier molecular flexibility index (Phi) is 3.59. The minimum atomic E-state index is -0.304. The van der Waals surface area contributed by atoms with Gasteiger partial charge in [0.25, 0.3) is 0 Å². The van der Waals surface area contributed by atoms with Crippen molar-refractivity contribution in [2.24, 2.45) is 17.8 Å². The second-order valence-electron chi connectivity index (χ2n) is 6.41. The van der Waals surface area contributed by atoms with Gasteiger partial charge in [-0.1, -0.05) is 6.58 Å². The number of fused-ring (bicyclic) bond motifs is 1. The van der Waals surface area contributed by atoms with Crippen LogP contribution in [0.5, 0.6) is 0 Å². The number of rotatable bonds is 6. The summed E-state index contributed by atoms with van der Waals surface area (Å²) in [6, 6.07) is 0. The van der Waals surface area contributed by atoms with Gasteiger partial charge in [-0.05, 0) is 31.8 Å². The predicted molar refractivity (Wildman–Crippen MR) is 73.1 cm³/mol. The van der Waals surface area contributed by atoms with E-state index in [-0.39, 0.29) is 54.1 Å². The minimum absolute atomic E-state index is 0.0183. The number of hydrogen-bond acceptors (Lipinski definition) is 5. The maximum Gasteiger partial charge on any atom is 0.309 e. The average Bonchev–Trinajstić information content (AvgIpc) is 3.03. The van der Waals surface area contributed by atoms with Gasteiger partial charge in [-0.25, -0.2) is 0 Å². The Bertz CT molecular complexity index is 509. The number of Topliss-reactive ketones (excluding diaryl/α,β-unsaturated/α-hetero) is 1. The lowest BCUT2D eigenvalue weighted by Gasteiger charge is -2.25. The van der Waals surface area contributed by atoms with Crippen LogP contribution < -0.4 is 0 Å². The summed E-state index contributed by atoms with van der Waals surface area (Å²) in [6.07, 6.45) is 2.21. The summed E-state index contributed by atoms with van der Waals surface area (Å²) in [7, 11) is 0. The molecule has 21 heavy (non-hydrogen) atoms. The number of ether oxygens (including phenoxy) is 2. The molecule has 0 N–H and O–H groups in total. The number of hydrogen-bond donors (Lipinski definition) is 0. The van der Waals surface area contributed by atoms with Crippen LogP contribution >= 0.6 is 0 Å². The predicted octanol–water partition coefficient (Wildman–Crippen LogP) is 1.80. The monoisotopic (exact) mass is 292 g/mol. The first-order valence-corrected chi connectivity index (χ1v) is 7.56. The van der Waals surface area contributed by atoms with Crippen molar-refractivity contribution < 1.29 is 23.9 Å². The van der Waals surface area contributed by atoms with Crippen LogP contribution in [0.2, 0.25) is 0 Å². The van der Waals surface area contributed by atoms with Crippen molar-refractivity contribution in [2.45, 2.75) is 51.2 Å². The Morgan fingerprint density at radius 1 is 1.33 bits per heavy atom. The zero-order valence-corrected chi connectivity index (χ0v) is 12.2. The summed E-state index contributed by atoms with van der Waals surface area (Å²) < 4.78 is 10.9. The fourth-order valence-corrected chi connectivity index (χ4v) is 3.88. The van der Waals surface area contributed by atoms with Crippen LogP contribution in [0, 0.1) is 17.8 Å². The summed E-state index contributed by atoms with van der Waals surface area (Å²) in [5.74, 6) is 0.0841. The van der Waals surface area contributed by atoms with Crippen molar-refractivity contribution in [1.82, 2.24) is 0 Å². The van der Waals surface area contributed by atoms with Crippen LogP contribution in [-0.4, -0.2) is 29.9 Å². The van der Waals surface area contributed by atoms with E-state index in [9.17, 15) is 14.4 Å². The minimum Gasteiger partial charge on any atom is -0.458 e. The number of esters is 2. The number of carbonyl (C=O) groups excluding carboxylic acids is 3. The van der Waals surface area contributed by atoms with E-state index in [4.69, 9.17) is 9.47 Å². The van der Waals surface area contributed by atoms with Crippen molar-refractivity contribution in [1.29, 1.82) is 0 Å². The molecule has 0 aromatic carbocycles. The molecule has 2 saturated carbocycles. The van der Waals surface area contributed by atoms with Gasteiger partial charge in [0, 0.05) is 24.7 Å². The molecule has 0 spiro atoms. The fourth-order valence-electron chi connectivity index (χ4n) is 3.88. The van der Waals surface area contributed by atoms with Gasteiger partial charge in [-0.2, -0.15) is 0 Å². The van der Waals surface area contributed by atoms with Gasteiger partial charge < -0.3 is 9.47 Å². The molecule has 0 radical (unpaired) electrons. The molecule has 1 aliphatic heterocycles. The average molecular weight is 292 g/mol. The van der Waals surface area contributed by atoms with Gasteiger partial charge >= 0.3 is 11.9 Å². The molecule has 114 valence electrons. The smallest absolute Gasteiger partial charge is 0.309 e. The van der Waals surface area contributed by atoms with E-state index in [1.54, 1.807) is 6.92 Å². The van der Waals surface area contributed by atoms with Crippen LogP contribution in [0.1, 0.15) is 39.0 Å². The summed E-state index contributed by atoms with van der Waals surface area (Å²) in [4.78, 5) is 34.9. The Morgan fingerprint density at radius 2 is 2.10 bits per heavy atom. The highest BCUT2D eigenvalue weighted by molar-refractivity contribution is 5.94. The molecule has 0 aromatic heterocycles. The first-order valence-electron chi connectivity index (χ1n) is 7.56. The molecule has 0 amide bonds. The van der Waals surface area contributed by atoms with Crippen molar-refractivity contribution in [2.75, 3.05) is 0 Å². The van der Waals surface area contributed by atoms with Crippen molar-refractivity contribution in [3.05, 3.63) is 12.2 Å². The van der Waals surface area contributed by atoms with E-state index in [0.29, 0.717) is 18.4 Å². The molecule has 5 heteroatoms. The lowest BCUT2D eigenvalue weighted by atomic mass is 9.88. The molecular formula is C16H20O5. The van der Waals surface area contributed by atoms with Crippen molar-refractivity contribution in [3.63, 3.8) is 0 Å². The van der Waals surface area contributed by atoms with E-state index in [0.717, 1.165) is 12.8 Å². The highest BCUT2D eigenvalue weighted by Crippen LogP contribution is 2.55. The second kappa shape index (κ2) is 5.28. The molecule has 2 aliphatic carbocycles. The molecule has 3 aliphatic rings. The van der Waals surface area contributed by atoms with Crippen LogP contribution in [-0.2, 0) is 23.9 Å². The fraction of sp³-hybridized carbons (Fsp3) is 0.688. The summed E-state index contributed by atoms with van der Waals surface area (Å²) in [5.41, 5.74) is 0.514. The van der Waals surface area contributed by atoms with Crippen LogP contribution in [0.15, 0.2) is 12.2 Å². The molecule has 0 aromatic rings. The first kappa shape index (κ1) is 14.3. The number of carbonyl (C=O) groups is 3. The maximum absolute atomic E-state index is 11.9. The molecule has 1 heterocycles. The standard InChI is InChI=1S/C16H20O5/c1-8(2)12(17)4-3-5-13(18)20-14-9-6-10-11(7-9)16(19)21-15(10)14/h9-11,14-15H,1,3-7H2,2H3. The number of allylic oxidation sites excluding steroid dienone is 1. The van der Waals surface area contributed by atoms with E-state index in [1.165, 1.54) is 0 Å². The van der Waals surface area contributed by atoms with Gasteiger partial charge in [-0.15, -0.1) is 0 Å². The molecular weight excluding hydrogens is 272 g/mol. The quantitative estimate of drug-likeness (QED) is 0.551. The first-order chi connectivity index (χ1) is 9.97. The van der Waals surface area contributed by atoms with E-state index in [2.05, 4.69) is 6.58 Å². The maximum atomic E-state index is 11.9. The molecule has 3 rings (SSSR count). The molecule has 3 fully saturated rings. The van der Waals surface area contributed by atoms with Crippen LogP contribution in [0.4, 0.5) is 0 Å². The molecule has 5 nitrogen and oxygen atoms in total. The normalized spacial score (nSPS) is 35.7. The third kappa shape index (κ3) is 2.49. The molecule has 1 saturated heterocycles. The zero-order valence-electron chi connectivity index (χ0n) is 12.2. The summed E-state index contributed by atoms with van der Waals surface area (Å²) >= 11 is 0. The van der Waals surface area contributed by atoms with Gasteiger partial charge in [0.1, 0.15) is 12.2 Å². The van der Waals surface area contributed by atoms with Gasteiger partial charge in [0.2, 0.25) is 0 Å². The Balaban J connectivity index is 1.47. The summed E-state index contributed by atoms with van der Waals surface area (Å²) in [5, 5.41) is 0. The van der Waals surface area contributed by atoms with Crippen molar-refractivity contribution >= 4 is 17.7 Å². The third-order valence-electron chi connectivity index (χ3n) is 4.94. The highest BCUT2D eigenvalue weighted by Gasteiger charge is 2.63.